The van der Waals surface area contributed by atoms with E-state index in [1.165, 1.54) is 12.1 Å². The molecule has 0 bridgehead atoms. The molecule has 2 nitrogen and oxygen atoms in total. The number of benzene rings is 1. The average molecular weight is 289 g/mol. The highest BCUT2D eigenvalue weighted by Gasteiger charge is 2.33. The van der Waals surface area contributed by atoms with E-state index in [1.54, 1.807) is 11.0 Å². The molecule has 19 heavy (non-hydrogen) atoms. The van der Waals surface area contributed by atoms with Crippen molar-refractivity contribution in [1.82, 2.24) is 4.90 Å². The first-order chi connectivity index (χ1) is 8.88. The van der Waals surface area contributed by atoms with Gasteiger partial charge in [0.05, 0.1) is 5.56 Å². The molecule has 1 aliphatic rings. The Kier molecular flexibility index (Phi) is 4.08. The number of carbonyl (C=O) groups excluding carboxylic acids is 1. The van der Waals surface area contributed by atoms with Gasteiger partial charge in [-0.25, -0.2) is 0 Å². The van der Waals surface area contributed by atoms with Gasteiger partial charge >= 0.3 is 6.18 Å². The second kappa shape index (κ2) is 5.45. The molecule has 1 aliphatic heterocycles. The summed E-state index contributed by atoms with van der Waals surface area (Å²) in [5, 5.41) is -0.00893. The second-order valence-electron chi connectivity index (χ2n) is 4.60. The zero-order valence-electron chi connectivity index (χ0n) is 10.2. The highest BCUT2D eigenvalue weighted by Crippen LogP contribution is 2.32. The van der Waals surface area contributed by atoms with Gasteiger partial charge in [-0.05, 0) is 18.1 Å². The number of hydrogen-bond acceptors (Lipinski definition) is 2. The minimum atomic E-state index is -4.35. The van der Waals surface area contributed by atoms with E-state index in [4.69, 9.17) is 0 Å². The van der Waals surface area contributed by atoms with Crippen molar-refractivity contribution in [3.63, 3.8) is 0 Å². The molecule has 1 aromatic rings. The molecule has 2 rings (SSSR count). The zero-order chi connectivity index (χ0) is 14.0. The van der Waals surface area contributed by atoms with Gasteiger partial charge in [0.2, 0.25) is 5.91 Å². The number of alkyl halides is 3. The summed E-state index contributed by atoms with van der Waals surface area (Å²) >= 11 is 4.21. The SMILES string of the molecule is O=C1CC(S)CN1CCc1ccccc1C(F)(F)F. The van der Waals surface area contributed by atoms with Gasteiger partial charge in [-0.3, -0.25) is 4.79 Å². The van der Waals surface area contributed by atoms with Gasteiger partial charge in [-0.15, -0.1) is 0 Å². The summed E-state index contributed by atoms with van der Waals surface area (Å²) in [4.78, 5) is 13.1. The van der Waals surface area contributed by atoms with Crippen molar-refractivity contribution in [2.75, 3.05) is 13.1 Å². The van der Waals surface area contributed by atoms with Crippen LogP contribution in [0.3, 0.4) is 0 Å². The van der Waals surface area contributed by atoms with E-state index in [2.05, 4.69) is 12.6 Å². The lowest BCUT2D eigenvalue weighted by Gasteiger charge is -2.18. The Hall–Kier alpha value is -1.17. The molecule has 1 saturated heterocycles. The second-order valence-corrected chi connectivity index (χ2v) is 5.33. The van der Waals surface area contributed by atoms with Gasteiger partial charge in [0, 0.05) is 24.8 Å². The summed E-state index contributed by atoms with van der Waals surface area (Å²) in [5.41, 5.74) is -0.394. The first-order valence-electron chi connectivity index (χ1n) is 5.99. The Morgan fingerprint density at radius 3 is 2.58 bits per heavy atom. The molecule has 6 heteroatoms. The van der Waals surface area contributed by atoms with Crippen LogP contribution in [0.2, 0.25) is 0 Å². The number of amides is 1. The highest BCUT2D eigenvalue weighted by atomic mass is 32.1. The van der Waals surface area contributed by atoms with E-state index in [0.717, 1.165) is 6.07 Å². The molecule has 1 unspecified atom stereocenters. The molecule has 104 valence electrons. The van der Waals surface area contributed by atoms with Gasteiger partial charge in [0.15, 0.2) is 0 Å². The van der Waals surface area contributed by atoms with Crippen LogP contribution >= 0.6 is 12.6 Å². The van der Waals surface area contributed by atoms with Crippen LogP contribution in [0.25, 0.3) is 0 Å². The van der Waals surface area contributed by atoms with Gasteiger partial charge in [0.1, 0.15) is 0 Å². The van der Waals surface area contributed by atoms with Gasteiger partial charge in [-0.1, -0.05) is 18.2 Å². The predicted molar refractivity (Wildman–Crippen MR) is 69.1 cm³/mol. The van der Waals surface area contributed by atoms with Gasteiger partial charge in [-0.2, -0.15) is 25.8 Å². The predicted octanol–water partition coefficient (Wildman–Crippen LogP) is 2.78. The molecule has 1 heterocycles. The van der Waals surface area contributed by atoms with Crippen LogP contribution in [0.5, 0.6) is 0 Å². The van der Waals surface area contributed by atoms with E-state index in [-0.39, 0.29) is 23.1 Å². The van der Waals surface area contributed by atoms with E-state index in [0.29, 0.717) is 19.5 Å². The molecular formula is C13H14F3NOS. The molecule has 0 spiro atoms. The van der Waals surface area contributed by atoms with E-state index in [1.807, 2.05) is 0 Å². The lowest BCUT2D eigenvalue weighted by Crippen LogP contribution is -2.28. The minimum Gasteiger partial charge on any atom is -0.341 e. The van der Waals surface area contributed by atoms with Crippen molar-refractivity contribution < 1.29 is 18.0 Å². The van der Waals surface area contributed by atoms with Crippen LogP contribution in [0, 0.1) is 0 Å². The third-order valence-electron chi connectivity index (χ3n) is 3.17. The molecule has 1 aromatic carbocycles. The molecule has 0 aliphatic carbocycles. The summed E-state index contributed by atoms with van der Waals surface area (Å²) in [5.74, 6) is -0.0375. The maximum absolute atomic E-state index is 12.8. The Balaban J connectivity index is 2.06. The number of likely N-dealkylation sites (tertiary alicyclic amines) is 1. The van der Waals surface area contributed by atoms with Crippen molar-refractivity contribution in [1.29, 1.82) is 0 Å². The summed E-state index contributed by atoms with van der Waals surface area (Å²) in [6.07, 6.45) is -3.77. The van der Waals surface area contributed by atoms with Crippen LogP contribution in [0.1, 0.15) is 17.5 Å². The number of thiol groups is 1. The smallest absolute Gasteiger partial charge is 0.341 e. The van der Waals surface area contributed by atoms with Crippen LogP contribution in [0.15, 0.2) is 24.3 Å². The van der Waals surface area contributed by atoms with Crippen LogP contribution < -0.4 is 0 Å². The fourth-order valence-electron chi connectivity index (χ4n) is 2.24. The minimum absolute atomic E-state index is 0.00893. The van der Waals surface area contributed by atoms with Crippen LogP contribution in [0.4, 0.5) is 13.2 Å². The summed E-state index contributed by atoms with van der Waals surface area (Å²) in [6, 6.07) is 5.49. The fourth-order valence-corrected chi connectivity index (χ4v) is 2.59. The molecular weight excluding hydrogens is 275 g/mol. The molecule has 0 aromatic heterocycles. The number of hydrogen-bond donors (Lipinski definition) is 1. The van der Waals surface area contributed by atoms with Crippen LogP contribution in [-0.4, -0.2) is 29.1 Å². The number of nitrogens with zero attached hydrogens (tertiary/aromatic N) is 1. The average Bonchev–Trinajstić information content (AvgIpc) is 2.64. The highest BCUT2D eigenvalue weighted by molar-refractivity contribution is 7.81. The first kappa shape index (κ1) is 14.2. The van der Waals surface area contributed by atoms with Crippen molar-refractivity contribution in [2.45, 2.75) is 24.3 Å². The summed E-state index contributed by atoms with van der Waals surface area (Å²) in [7, 11) is 0. The normalized spacial score (nSPS) is 20.1. The summed E-state index contributed by atoms with van der Waals surface area (Å²) in [6.45, 7) is 0.819. The van der Waals surface area contributed by atoms with Gasteiger partial charge < -0.3 is 4.90 Å². The third-order valence-corrected chi connectivity index (χ3v) is 3.51. The Labute approximate surface area is 115 Å². The quantitative estimate of drug-likeness (QED) is 0.848. The maximum atomic E-state index is 12.8. The van der Waals surface area contributed by atoms with Crippen molar-refractivity contribution in [3.8, 4) is 0 Å². The molecule has 1 atom stereocenters. The number of halogens is 3. The Morgan fingerprint density at radius 2 is 2.00 bits per heavy atom. The van der Waals surface area contributed by atoms with Crippen molar-refractivity contribution in [2.24, 2.45) is 0 Å². The standard InChI is InChI=1S/C13H14F3NOS/c14-13(15,16)11-4-2-1-3-9(11)5-6-17-8-10(19)7-12(17)18/h1-4,10,19H,5-8H2. The number of carbonyl (C=O) groups is 1. The van der Waals surface area contributed by atoms with Crippen molar-refractivity contribution in [3.05, 3.63) is 35.4 Å². The monoisotopic (exact) mass is 289 g/mol. The molecule has 0 N–H and O–H groups in total. The molecule has 0 radical (unpaired) electrons. The largest absolute Gasteiger partial charge is 0.416 e. The van der Waals surface area contributed by atoms with Crippen LogP contribution in [-0.2, 0) is 17.4 Å². The first-order valence-corrected chi connectivity index (χ1v) is 6.50. The Bertz CT molecular complexity index is 475. The molecule has 1 fully saturated rings. The lowest BCUT2D eigenvalue weighted by molar-refractivity contribution is -0.138. The van der Waals surface area contributed by atoms with Crippen molar-refractivity contribution >= 4 is 18.5 Å². The lowest BCUT2D eigenvalue weighted by atomic mass is 10.0. The third kappa shape index (κ3) is 3.43. The number of rotatable bonds is 3. The van der Waals surface area contributed by atoms with E-state index < -0.39 is 11.7 Å². The van der Waals surface area contributed by atoms with E-state index >= 15 is 0 Å². The summed E-state index contributed by atoms with van der Waals surface area (Å²) < 4.78 is 38.4. The van der Waals surface area contributed by atoms with E-state index in [9.17, 15) is 18.0 Å². The topological polar surface area (TPSA) is 20.3 Å². The molecule has 0 saturated carbocycles. The molecule has 1 amide bonds. The van der Waals surface area contributed by atoms with Gasteiger partial charge in [0.25, 0.3) is 0 Å². The maximum Gasteiger partial charge on any atom is 0.416 e. The fraction of sp³-hybridized carbons (Fsp3) is 0.462. The zero-order valence-corrected chi connectivity index (χ0v) is 11.0. The Morgan fingerprint density at radius 1 is 1.32 bits per heavy atom.